The average Bonchev–Trinajstić information content (AvgIpc) is 3.49. The smallest absolute Gasteiger partial charge is 0.265 e. The fourth-order valence-electron chi connectivity index (χ4n) is 3.53. The van der Waals surface area contributed by atoms with E-state index in [2.05, 4.69) is 25.1 Å². The van der Waals surface area contributed by atoms with Crippen molar-refractivity contribution in [1.29, 1.82) is 0 Å². The van der Waals surface area contributed by atoms with Gasteiger partial charge in [-0.2, -0.15) is 0 Å². The van der Waals surface area contributed by atoms with Crippen LogP contribution >= 0.6 is 22.7 Å². The van der Waals surface area contributed by atoms with Gasteiger partial charge in [-0.1, -0.05) is 12.1 Å². The lowest BCUT2D eigenvalue weighted by atomic mass is 10.2. The molecule has 1 saturated heterocycles. The average molecular weight is 449 g/mol. The lowest BCUT2D eigenvalue weighted by Gasteiger charge is -2.35. The summed E-state index contributed by atoms with van der Waals surface area (Å²) in [5, 5.41) is 11.6. The molecule has 0 aliphatic carbocycles. The molecule has 0 saturated carbocycles. The van der Waals surface area contributed by atoms with Crippen LogP contribution in [0.15, 0.2) is 54.0 Å². The minimum absolute atomic E-state index is 0.0639. The van der Waals surface area contributed by atoms with Crippen LogP contribution in [0.1, 0.15) is 15.4 Å². The Morgan fingerprint density at radius 3 is 2.52 bits per heavy atom. The summed E-state index contributed by atoms with van der Waals surface area (Å²) in [5.41, 5.74) is 2.36. The highest BCUT2D eigenvalue weighted by Crippen LogP contribution is 2.32. The van der Waals surface area contributed by atoms with Crippen LogP contribution in [0.25, 0.3) is 21.3 Å². The summed E-state index contributed by atoms with van der Waals surface area (Å²) in [6, 6.07) is 13.7. The maximum atomic E-state index is 13.1. The van der Waals surface area contributed by atoms with E-state index in [1.54, 1.807) is 17.5 Å². The van der Waals surface area contributed by atoms with E-state index in [0.717, 1.165) is 50.8 Å². The third kappa shape index (κ3) is 4.06. The number of pyridine rings is 1. The highest BCUT2D eigenvalue weighted by Gasteiger charge is 2.26. The molecule has 31 heavy (non-hydrogen) atoms. The van der Waals surface area contributed by atoms with Crippen LogP contribution in [-0.2, 0) is 0 Å². The van der Waals surface area contributed by atoms with Crippen LogP contribution in [0.4, 0.5) is 5.82 Å². The number of hydrogen-bond acceptors (Lipinski definition) is 8. The third-order valence-corrected chi connectivity index (χ3v) is 7.38. The van der Waals surface area contributed by atoms with E-state index in [1.165, 1.54) is 11.3 Å². The fraction of sp³-hybridized carbons (Fsp3) is 0.227. The Kier molecular flexibility index (Phi) is 5.44. The molecule has 1 aliphatic heterocycles. The van der Waals surface area contributed by atoms with E-state index in [1.807, 2.05) is 59.7 Å². The van der Waals surface area contributed by atoms with E-state index in [4.69, 9.17) is 0 Å². The molecule has 1 aliphatic rings. The van der Waals surface area contributed by atoms with E-state index < -0.39 is 0 Å². The standard InChI is InChI=1S/C22H20N6OS2/c1-15-20(31-21(24-15)18-6-4-14-30-18)22(29)28-12-10-27(11-13-28)19-8-7-17(25-26-19)16-5-2-3-9-23-16/h2-9,14H,10-13H2,1H3. The first-order valence-corrected chi connectivity index (χ1v) is 11.7. The maximum absolute atomic E-state index is 13.1. The molecule has 5 heterocycles. The number of thiazole rings is 1. The van der Waals surface area contributed by atoms with Gasteiger partial charge in [-0.15, -0.1) is 32.9 Å². The molecule has 156 valence electrons. The number of anilines is 1. The Morgan fingerprint density at radius 1 is 0.968 bits per heavy atom. The fourth-order valence-corrected chi connectivity index (χ4v) is 5.36. The summed E-state index contributed by atoms with van der Waals surface area (Å²) in [7, 11) is 0. The topological polar surface area (TPSA) is 75.1 Å². The van der Waals surface area contributed by atoms with Crippen molar-refractivity contribution in [1.82, 2.24) is 25.1 Å². The van der Waals surface area contributed by atoms with Crippen molar-refractivity contribution < 1.29 is 4.79 Å². The van der Waals surface area contributed by atoms with Crippen molar-refractivity contribution in [3.05, 3.63) is 64.6 Å². The van der Waals surface area contributed by atoms with Crippen molar-refractivity contribution in [2.24, 2.45) is 0 Å². The highest BCUT2D eigenvalue weighted by atomic mass is 32.1. The second kappa shape index (κ2) is 8.52. The molecular weight excluding hydrogens is 428 g/mol. The number of rotatable bonds is 4. The first-order valence-electron chi connectivity index (χ1n) is 10.00. The molecule has 1 fully saturated rings. The van der Waals surface area contributed by atoms with Gasteiger partial charge in [-0.25, -0.2) is 4.98 Å². The third-order valence-electron chi connectivity index (χ3n) is 5.19. The zero-order chi connectivity index (χ0) is 21.2. The lowest BCUT2D eigenvalue weighted by molar-refractivity contribution is 0.0750. The summed E-state index contributed by atoms with van der Waals surface area (Å²) in [5.74, 6) is 0.884. The zero-order valence-corrected chi connectivity index (χ0v) is 18.6. The summed E-state index contributed by atoms with van der Waals surface area (Å²) < 4.78 is 0. The highest BCUT2D eigenvalue weighted by molar-refractivity contribution is 7.22. The number of carbonyl (C=O) groups is 1. The number of nitrogens with zero attached hydrogens (tertiary/aromatic N) is 6. The molecule has 4 aromatic heterocycles. The molecule has 7 nitrogen and oxygen atoms in total. The molecule has 0 radical (unpaired) electrons. The number of amides is 1. The van der Waals surface area contributed by atoms with Crippen LogP contribution in [0.2, 0.25) is 0 Å². The number of thiophene rings is 1. The summed E-state index contributed by atoms with van der Waals surface area (Å²) >= 11 is 3.12. The Morgan fingerprint density at radius 2 is 1.84 bits per heavy atom. The lowest BCUT2D eigenvalue weighted by Crippen LogP contribution is -2.49. The van der Waals surface area contributed by atoms with Gasteiger partial charge in [0.2, 0.25) is 0 Å². The first-order chi connectivity index (χ1) is 15.2. The molecule has 0 N–H and O–H groups in total. The first kappa shape index (κ1) is 19.8. The molecular formula is C22H20N6OS2. The largest absolute Gasteiger partial charge is 0.352 e. The SMILES string of the molecule is Cc1nc(-c2cccs2)sc1C(=O)N1CCN(c2ccc(-c3ccccn3)nn2)CC1. The van der Waals surface area contributed by atoms with Crippen LogP contribution in [0, 0.1) is 6.92 Å². The number of aromatic nitrogens is 4. The van der Waals surface area contributed by atoms with Crippen molar-refractivity contribution in [2.45, 2.75) is 6.92 Å². The summed E-state index contributed by atoms with van der Waals surface area (Å²) in [6.07, 6.45) is 1.75. The number of hydrogen-bond donors (Lipinski definition) is 0. The molecule has 9 heteroatoms. The van der Waals surface area contributed by atoms with E-state index >= 15 is 0 Å². The molecule has 0 unspecified atom stereocenters. The van der Waals surface area contributed by atoms with Gasteiger partial charge in [0, 0.05) is 32.4 Å². The van der Waals surface area contributed by atoms with Crippen molar-refractivity contribution in [2.75, 3.05) is 31.1 Å². The Balaban J connectivity index is 1.24. The van der Waals surface area contributed by atoms with Crippen LogP contribution in [0.3, 0.4) is 0 Å². The molecule has 0 atom stereocenters. The molecule has 0 bridgehead atoms. The number of carbonyl (C=O) groups excluding carboxylic acids is 1. The Labute approximate surface area is 188 Å². The van der Waals surface area contributed by atoms with Gasteiger partial charge in [0.1, 0.15) is 15.6 Å². The van der Waals surface area contributed by atoms with Gasteiger partial charge in [0.25, 0.3) is 5.91 Å². The summed E-state index contributed by atoms with van der Waals surface area (Å²) in [4.78, 5) is 27.9. The molecule has 0 spiro atoms. The minimum atomic E-state index is 0.0639. The van der Waals surface area contributed by atoms with E-state index in [0.29, 0.717) is 13.1 Å². The normalized spacial score (nSPS) is 14.1. The van der Waals surface area contributed by atoms with Gasteiger partial charge >= 0.3 is 0 Å². The monoisotopic (exact) mass is 448 g/mol. The van der Waals surface area contributed by atoms with Crippen LogP contribution < -0.4 is 4.90 Å². The van der Waals surface area contributed by atoms with Crippen LogP contribution in [0.5, 0.6) is 0 Å². The Hall–Kier alpha value is -3.17. The molecule has 0 aromatic carbocycles. The van der Waals surface area contributed by atoms with Gasteiger partial charge in [-0.3, -0.25) is 9.78 Å². The number of piperazine rings is 1. The van der Waals surface area contributed by atoms with Crippen molar-refractivity contribution in [3.8, 4) is 21.3 Å². The van der Waals surface area contributed by atoms with Crippen LogP contribution in [-0.4, -0.2) is 57.2 Å². The zero-order valence-electron chi connectivity index (χ0n) is 16.9. The minimum Gasteiger partial charge on any atom is -0.352 e. The van der Waals surface area contributed by atoms with Crippen molar-refractivity contribution in [3.63, 3.8) is 0 Å². The molecule has 4 aromatic rings. The second-order valence-corrected chi connectivity index (χ2v) is 9.13. The Bertz CT molecular complexity index is 1170. The van der Waals surface area contributed by atoms with Gasteiger partial charge in [0.15, 0.2) is 5.82 Å². The van der Waals surface area contributed by atoms with E-state index in [-0.39, 0.29) is 5.91 Å². The van der Waals surface area contributed by atoms with Crippen molar-refractivity contribution >= 4 is 34.4 Å². The number of aryl methyl sites for hydroxylation is 1. The quantitative estimate of drug-likeness (QED) is 0.470. The van der Waals surface area contributed by atoms with Gasteiger partial charge in [-0.05, 0) is 42.6 Å². The second-order valence-electron chi connectivity index (χ2n) is 7.18. The summed E-state index contributed by atoms with van der Waals surface area (Å²) in [6.45, 7) is 4.65. The molecule has 1 amide bonds. The predicted octanol–water partition coefficient (Wildman–Crippen LogP) is 3.99. The molecule has 5 rings (SSSR count). The van der Waals surface area contributed by atoms with E-state index in [9.17, 15) is 4.79 Å². The van der Waals surface area contributed by atoms with Gasteiger partial charge < -0.3 is 9.80 Å². The maximum Gasteiger partial charge on any atom is 0.265 e. The van der Waals surface area contributed by atoms with Gasteiger partial charge in [0.05, 0.1) is 16.3 Å². The predicted molar refractivity (Wildman–Crippen MR) is 124 cm³/mol.